The summed E-state index contributed by atoms with van der Waals surface area (Å²) in [5.74, 6) is 0.292. The summed E-state index contributed by atoms with van der Waals surface area (Å²) >= 11 is 0. The van der Waals surface area contributed by atoms with Crippen LogP contribution in [0.5, 0.6) is 0 Å². The molecule has 2 aliphatic heterocycles. The number of nitrogens with one attached hydrogen (secondary N) is 1. The Labute approximate surface area is 110 Å². The predicted molar refractivity (Wildman–Crippen MR) is 72.6 cm³/mol. The zero-order valence-electron chi connectivity index (χ0n) is 11.9. The van der Waals surface area contributed by atoms with Crippen LogP contribution >= 0.6 is 0 Å². The lowest BCUT2D eigenvalue weighted by molar-refractivity contribution is -0.133. The van der Waals surface area contributed by atoms with E-state index in [9.17, 15) is 4.79 Å². The molecule has 104 valence electrons. The third kappa shape index (κ3) is 3.22. The van der Waals surface area contributed by atoms with Crippen molar-refractivity contribution in [3.63, 3.8) is 0 Å². The number of hydrogen-bond donors (Lipinski definition) is 1. The predicted octanol–water partition coefficient (Wildman–Crippen LogP) is -0.557. The molecule has 18 heavy (non-hydrogen) atoms. The van der Waals surface area contributed by atoms with Gasteiger partial charge in [0.2, 0.25) is 5.91 Å². The van der Waals surface area contributed by atoms with E-state index >= 15 is 0 Å². The molecule has 2 aliphatic rings. The Hall–Kier alpha value is -0.650. The summed E-state index contributed by atoms with van der Waals surface area (Å²) < 4.78 is 0. The molecule has 5 nitrogen and oxygen atoms in total. The van der Waals surface area contributed by atoms with Crippen molar-refractivity contribution >= 4 is 5.91 Å². The number of nitrogens with zero attached hydrogens (tertiary/aromatic N) is 3. The number of rotatable bonds is 2. The SMILES string of the molecule is CC1CN(CC(=O)N2CCNCC2)CC(C)N1C. The fraction of sp³-hybridized carbons (Fsp3) is 0.923. The van der Waals surface area contributed by atoms with Gasteiger partial charge in [-0.3, -0.25) is 14.6 Å². The van der Waals surface area contributed by atoms with Gasteiger partial charge in [0, 0.05) is 51.4 Å². The van der Waals surface area contributed by atoms with Gasteiger partial charge in [-0.2, -0.15) is 0 Å². The fourth-order valence-electron chi connectivity index (χ4n) is 2.85. The van der Waals surface area contributed by atoms with E-state index in [1.165, 1.54) is 0 Å². The van der Waals surface area contributed by atoms with Gasteiger partial charge in [0.1, 0.15) is 0 Å². The highest BCUT2D eigenvalue weighted by Gasteiger charge is 2.28. The largest absolute Gasteiger partial charge is 0.339 e. The molecule has 2 heterocycles. The zero-order valence-corrected chi connectivity index (χ0v) is 11.9. The van der Waals surface area contributed by atoms with E-state index in [2.05, 4.69) is 36.0 Å². The number of carbonyl (C=O) groups excluding carboxylic acids is 1. The van der Waals surface area contributed by atoms with Crippen LogP contribution in [0, 0.1) is 0 Å². The number of hydrogen-bond acceptors (Lipinski definition) is 4. The summed E-state index contributed by atoms with van der Waals surface area (Å²) in [6.45, 7) is 10.6. The smallest absolute Gasteiger partial charge is 0.236 e. The van der Waals surface area contributed by atoms with E-state index in [-0.39, 0.29) is 0 Å². The summed E-state index contributed by atoms with van der Waals surface area (Å²) in [7, 11) is 2.17. The molecule has 0 radical (unpaired) electrons. The molecule has 0 aromatic carbocycles. The van der Waals surface area contributed by atoms with Gasteiger partial charge < -0.3 is 10.2 Å². The van der Waals surface area contributed by atoms with E-state index in [4.69, 9.17) is 0 Å². The van der Waals surface area contributed by atoms with Crippen LogP contribution in [-0.2, 0) is 4.79 Å². The van der Waals surface area contributed by atoms with Crippen LogP contribution in [0.4, 0.5) is 0 Å². The topological polar surface area (TPSA) is 38.8 Å². The van der Waals surface area contributed by atoms with E-state index in [0.29, 0.717) is 24.5 Å². The third-order valence-corrected chi connectivity index (χ3v) is 4.26. The Kier molecular flexibility index (Phi) is 4.59. The lowest BCUT2D eigenvalue weighted by Crippen LogP contribution is -2.57. The molecule has 0 spiro atoms. The lowest BCUT2D eigenvalue weighted by atomic mass is 10.1. The number of amides is 1. The van der Waals surface area contributed by atoms with E-state index < -0.39 is 0 Å². The van der Waals surface area contributed by atoms with Crippen molar-refractivity contribution in [3.05, 3.63) is 0 Å². The van der Waals surface area contributed by atoms with Gasteiger partial charge in [0.15, 0.2) is 0 Å². The molecule has 1 N–H and O–H groups in total. The first kappa shape index (κ1) is 13.8. The van der Waals surface area contributed by atoms with Crippen LogP contribution in [-0.4, -0.2) is 85.6 Å². The number of piperazine rings is 2. The zero-order chi connectivity index (χ0) is 13.1. The minimum absolute atomic E-state index is 0.292. The van der Waals surface area contributed by atoms with Gasteiger partial charge in [-0.05, 0) is 20.9 Å². The fourth-order valence-corrected chi connectivity index (χ4v) is 2.85. The second kappa shape index (κ2) is 5.99. The van der Waals surface area contributed by atoms with Crippen molar-refractivity contribution in [2.45, 2.75) is 25.9 Å². The van der Waals surface area contributed by atoms with Gasteiger partial charge in [-0.15, -0.1) is 0 Å². The molecule has 2 fully saturated rings. The van der Waals surface area contributed by atoms with Crippen molar-refractivity contribution < 1.29 is 4.79 Å². The molecule has 2 unspecified atom stereocenters. The highest BCUT2D eigenvalue weighted by atomic mass is 16.2. The van der Waals surface area contributed by atoms with Crippen molar-refractivity contribution in [1.29, 1.82) is 0 Å². The van der Waals surface area contributed by atoms with Crippen LogP contribution in [0.25, 0.3) is 0 Å². The second-order valence-electron chi connectivity index (χ2n) is 5.69. The van der Waals surface area contributed by atoms with Crippen molar-refractivity contribution in [2.75, 3.05) is 52.9 Å². The van der Waals surface area contributed by atoms with Gasteiger partial charge >= 0.3 is 0 Å². The monoisotopic (exact) mass is 254 g/mol. The molecule has 0 saturated carbocycles. The Morgan fingerprint density at radius 2 is 1.72 bits per heavy atom. The van der Waals surface area contributed by atoms with Crippen LogP contribution < -0.4 is 5.32 Å². The Balaban J connectivity index is 1.83. The first-order valence-electron chi connectivity index (χ1n) is 7.00. The van der Waals surface area contributed by atoms with Crippen molar-refractivity contribution in [1.82, 2.24) is 20.0 Å². The maximum Gasteiger partial charge on any atom is 0.236 e. The Bertz CT molecular complexity index is 279. The molecule has 2 saturated heterocycles. The van der Waals surface area contributed by atoms with E-state index in [1.54, 1.807) is 0 Å². The third-order valence-electron chi connectivity index (χ3n) is 4.26. The van der Waals surface area contributed by atoms with Gasteiger partial charge in [-0.1, -0.05) is 0 Å². The molecule has 0 aromatic rings. The first-order chi connectivity index (χ1) is 8.58. The standard InChI is InChI=1S/C13H26N4O/c1-11-8-16(9-12(2)15(11)3)10-13(18)17-6-4-14-5-7-17/h11-12,14H,4-10H2,1-3H3. The molecule has 5 heteroatoms. The molecule has 0 aliphatic carbocycles. The van der Waals surface area contributed by atoms with Crippen LogP contribution in [0.2, 0.25) is 0 Å². The summed E-state index contributed by atoms with van der Waals surface area (Å²) in [5, 5.41) is 3.28. The first-order valence-corrected chi connectivity index (χ1v) is 7.00. The van der Waals surface area contributed by atoms with Crippen molar-refractivity contribution in [3.8, 4) is 0 Å². The van der Waals surface area contributed by atoms with Crippen LogP contribution in [0.1, 0.15) is 13.8 Å². The summed E-state index contributed by atoms with van der Waals surface area (Å²) in [6, 6.07) is 1.06. The Morgan fingerprint density at radius 3 is 2.28 bits per heavy atom. The van der Waals surface area contributed by atoms with Gasteiger partial charge in [-0.25, -0.2) is 0 Å². The average Bonchev–Trinajstić information content (AvgIpc) is 2.37. The second-order valence-corrected chi connectivity index (χ2v) is 5.69. The summed E-state index contributed by atoms with van der Waals surface area (Å²) in [4.78, 5) is 18.9. The van der Waals surface area contributed by atoms with Crippen LogP contribution in [0.15, 0.2) is 0 Å². The molecule has 0 aromatic heterocycles. The quantitative estimate of drug-likeness (QED) is 0.717. The van der Waals surface area contributed by atoms with Gasteiger partial charge in [0.05, 0.1) is 6.54 Å². The normalized spacial score (nSPS) is 31.6. The number of carbonyl (C=O) groups is 1. The minimum atomic E-state index is 0.292. The average molecular weight is 254 g/mol. The molecule has 1 amide bonds. The van der Waals surface area contributed by atoms with Crippen LogP contribution in [0.3, 0.4) is 0 Å². The molecule has 0 bridgehead atoms. The lowest BCUT2D eigenvalue weighted by Gasteiger charge is -2.42. The minimum Gasteiger partial charge on any atom is -0.339 e. The van der Waals surface area contributed by atoms with Crippen molar-refractivity contribution in [2.24, 2.45) is 0 Å². The summed E-state index contributed by atoms with van der Waals surface area (Å²) in [6.07, 6.45) is 0. The molecular weight excluding hydrogens is 228 g/mol. The maximum atomic E-state index is 12.2. The van der Waals surface area contributed by atoms with Gasteiger partial charge in [0.25, 0.3) is 0 Å². The molecular formula is C13H26N4O. The molecule has 2 rings (SSSR count). The maximum absolute atomic E-state index is 12.2. The summed E-state index contributed by atoms with van der Waals surface area (Å²) in [5.41, 5.74) is 0. The highest BCUT2D eigenvalue weighted by molar-refractivity contribution is 5.78. The van der Waals surface area contributed by atoms with E-state index in [1.807, 2.05) is 4.90 Å². The van der Waals surface area contributed by atoms with E-state index in [0.717, 1.165) is 39.3 Å². The highest BCUT2D eigenvalue weighted by Crippen LogP contribution is 2.13. The Morgan fingerprint density at radius 1 is 1.17 bits per heavy atom. The molecule has 2 atom stereocenters. The number of likely N-dealkylation sites (N-methyl/N-ethyl adjacent to an activating group) is 1.